The predicted octanol–water partition coefficient (Wildman–Crippen LogP) is 5.02. The first-order valence-corrected chi connectivity index (χ1v) is 14.3. The molecule has 8 nitrogen and oxygen atoms in total. The number of rotatable bonds is 4. The third kappa shape index (κ3) is 4.93. The van der Waals surface area contributed by atoms with Crippen LogP contribution in [0.2, 0.25) is 0 Å². The van der Waals surface area contributed by atoms with Gasteiger partial charge in [0.05, 0.1) is 19.3 Å². The summed E-state index contributed by atoms with van der Waals surface area (Å²) in [6.07, 6.45) is 9.91. The van der Waals surface area contributed by atoms with Crippen LogP contribution in [0, 0.1) is 13.8 Å². The number of hydrogen-bond acceptors (Lipinski definition) is 4. The number of aromatic nitrogens is 2. The van der Waals surface area contributed by atoms with Crippen LogP contribution < -0.4 is 4.74 Å². The van der Waals surface area contributed by atoms with Crippen LogP contribution in [0.4, 0.5) is 0 Å². The smallest absolute Gasteiger partial charge is 0.270 e. The van der Waals surface area contributed by atoms with Gasteiger partial charge in [-0.05, 0) is 82.7 Å². The molecule has 212 valence electrons. The highest BCUT2D eigenvalue weighted by atomic mass is 16.5. The van der Waals surface area contributed by atoms with Crippen LogP contribution in [0.5, 0.6) is 5.75 Å². The van der Waals surface area contributed by atoms with Crippen molar-refractivity contribution in [3.63, 3.8) is 0 Å². The van der Waals surface area contributed by atoms with Gasteiger partial charge in [-0.1, -0.05) is 18.2 Å². The molecule has 0 spiro atoms. The van der Waals surface area contributed by atoms with E-state index in [2.05, 4.69) is 54.6 Å². The van der Waals surface area contributed by atoms with Crippen molar-refractivity contribution >= 4 is 18.0 Å². The van der Waals surface area contributed by atoms with E-state index in [-0.39, 0.29) is 11.8 Å². The van der Waals surface area contributed by atoms with Crippen LogP contribution in [0.1, 0.15) is 50.8 Å². The number of fused-ring (bicyclic) bond motifs is 2. The van der Waals surface area contributed by atoms with Crippen LogP contribution in [0.25, 0.3) is 11.9 Å². The molecule has 1 fully saturated rings. The van der Waals surface area contributed by atoms with Crippen molar-refractivity contribution in [2.45, 2.75) is 33.2 Å². The molecule has 3 aromatic rings. The monoisotopic (exact) mass is 551 g/mol. The van der Waals surface area contributed by atoms with E-state index >= 15 is 0 Å². The Morgan fingerprint density at radius 2 is 1.71 bits per heavy atom. The molecule has 3 aliphatic rings. The lowest BCUT2D eigenvalue weighted by atomic mass is 10.0. The highest BCUT2D eigenvalue weighted by Gasteiger charge is 2.30. The molecule has 0 N–H and O–H groups in total. The molecule has 2 amide bonds. The maximum absolute atomic E-state index is 14.2. The number of hydrogen-bond donors (Lipinski definition) is 0. The van der Waals surface area contributed by atoms with Crippen molar-refractivity contribution in [2.75, 3.05) is 40.3 Å². The van der Waals surface area contributed by atoms with Gasteiger partial charge >= 0.3 is 0 Å². The summed E-state index contributed by atoms with van der Waals surface area (Å²) in [5, 5.41) is 0. The predicted molar refractivity (Wildman–Crippen MR) is 160 cm³/mol. The van der Waals surface area contributed by atoms with Gasteiger partial charge in [-0.25, -0.2) is 0 Å². The van der Waals surface area contributed by atoms with Crippen LogP contribution >= 0.6 is 0 Å². The van der Waals surface area contributed by atoms with Crippen molar-refractivity contribution in [3.05, 3.63) is 100 Å². The lowest BCUT2D eigenvalue weighted by Crippen LogP contribution is -2.35. The summed E-state index contributed by atoms with van der Waals surface area (Å²) in [4.78, 5) is 33.9. The van der Waals surface area contributed by atoms with Gasteiger partial charge in [0.1, 0.15) is 11.4 Å². The Balaban J connectivity index is 1.34. The molecule has 1 aliphatic carbocycles. The number of benzene rings is 1. The molecule has 0 atom stereocenters. The number of likely N-dealkylation sites (N-methyl/N-ethyl adjacent to an activating group) is 1. The van der Waals surface area contributed by atoms with E-state index in [1.54, 1.807) is 7.11 Å². The first-order valence-electron chi connectivity index (χ1n) is 14.3. The summed E-state index contributed by atoms with van der Waals surface area (Å²) in [6.45, 7) is 7.78. The summed E-state index contributed by atoms with van der Waals surface area (Å²) >= 11 is 0. The number of carbonyl (C=O) groups is 2. The van der Waals surface area contributed by atoms with Crippen molar-refractivity contribution in [1.82, 2.24) is 23.8 Å². The first-order chi connectivity index (χ1) is 19.9. The van der Waals surface area contributed by atoms with Gasteiger partial charge in [-0.15, -0.1) is 0 Å². The minimum absolute atomic E-state index is 0.0319. The Bertz CT molecular complexity index is 1580. The summed E-state index contributed by atoms with van der Waals surface area (Å²) < 4.78 is 9.87. The van der Waals surface area contributed by atoms with Gasteiger partial charge in [0.2, 0.25) is 0 Å². The molecule has 2 aliphatic heterocycles. The minimum atomic E-state index is -0.110. The van der Waals surface area contributed by atoms with E-state index in [0.717, 1.165) is 66.5 Å². The number of allylic oxidation sites excluding steroid dienone is 3. The van der Waals surface area contributed by atoms with Crippen LogP contribution in [0.15, 0.2) is 72.0 Å². The van der Waals surface area contributed by atoms with Gasteiger partial charge in [-0.2, -0.15) is 0 Å². The van der Waals surface area contributed by atoms with Gasteiger partial charge in [-0.3, -0.25) is 9.59 Å². The number of ether oxygens (including phenoxy) is 1. The Hall–Kier alpha value is -4.30. The van der Waals surface area contributed by atoms with Crippen molar-refractivity contribution in [1.29, 1.82) is 0 Å². The topological polar surface area (TPSA) is 63.0 Å². The maximum Gasteiger partial charge on any atom is 0.270 e. The lowest BCUT2D eigenvalue weighted by molar-refractivity contribution is 0.0755. The molecule has 0 bridgehead atoms. The molecule has 1 saturated heterocycles. The quantitative estimate of drug-likeness (QED) is 0.457. The second kappa shape index (κ2) is 10.9. The fourth-order valence-corrected chi connectivity index (χ4v) is 6.08. The molecule has 6 rings (SSSR count). The Labute approximate surface area is 241 Å². The van der Waals surface area contributed by atoms with E-state index in [1.165, 1.54) is 0 Å². The van der Waals surface area contributed by atoms with E-state index in [1.807, 2.05) is 57.0 Å². The molecular formula is C33H37N5O3. The van der Waals surface area contributed by atoms with Gasteiger partial charge in [0, 0.05) is 59.7 Å². The lowest BCUT2D eigenvalue weighted by Gasteiger charge is -2.26. The molecule has 0 unspecified atom stereocenters. The highest BCUT2D eigenvalue weighted by molar-refractivity contribution is 5.98. The molecule has 8 heteroatoms. The Morgan fingerprint density at radius 1 is 0.902 bits per heavy atom. The van der Waals surface area contributed by atoms with Crippen LogP contribution in [-0.2, 0) is 6.54 Å². The largest absolute Gasteiger partial charge is 0.495 e. The average Bonchev–Trinajstić information content (AvgIpc) is 3.38. The number of nitrogens with zero attached hydrogens (tertiary/aromatic N) is 5. The fraction of sp³-hybridized carbons (Fsp3) is 0.333. The summed E-state index contributed by atoms with van der Waals surface area (Å²) in [6, 6.07) is 13.7. The van der Waals surface area contributed by atoms with E-state index in [0.29, 0.717) is 30.1 Å². The third-order valence-electron chi connectivity index (χ3n) is 8.33. The highest BCUT2D eigenvalue weighted by Crippen LogP contribution is 2.33. The Kier molecular flexibility index (Phi) is 7.17. The number of aryl methyl sites for hydroxylation is 2. The fourth-order valence-electron chi connectivity index (χ4n) is 6.08. The van der Waals surface area contributed by atoms with Crippen molar-refractivity contribution < 1.29 is 14.3 Å². The maximum atomic E-state index is 14.2. The number of methoxy groups -OCH3 is 1. The Morgan fingerprint density at radius 3 is 2.49 bits per heavy atom. The van der Waals surface area contributed by atoms with E-state index < -0.39 is 0 Å². The zero-order valence-electron chi connectivity index (χ0n) is 24.3. The zero-order valence-corrected chi connectivity index (χ0v) is 24.3. The average molecular weight is 552 g/mol. The van der Waals surface area contributed by atoms with E-state index in [4.69, 9.17) is 4.74 Å². The summed E-state index contributed by atoms with van der Waals surface area (Å²) in [7, 11) is 3.73. The number of amides is 2. The zero-order chi connectivity index (χ0) is 28.7. The molecule has 41 heavy (non-hydrogen) atoms. The molecule has 0 saturated carbocycles. The van der Waals surface area contributed by atoms with Gasteiger partial charge in [0.25, 0.3) is 11.8 Å². The van der Waals surface area contributed by atoms with E-state index in [9.17, 15) is 9.59 Å². The number of carbonyl (C=O) groups excluding carboxylic acids is 2. The summed E-state index contributed by atoms with van der Waals surface area (Å²) in [5.74, 6) is 0.562. The minimum Gasteiger partial charge on any atom is -0.495 e. The normalized spacial score (nSPS) is 17.3. The molecule has 1 aromatic carbocycles. The second-order valence-corrected chi connectivity index (χ2v) is 11.1. The molecule has 4 heterocycles. The van der Waals surface area contributed by atoms with Crippen LogP contribution in [-0.4, -0.2) is 76.0 Å². The second-order valence-electron chi connectivity index (χ2n) is 11.1. The molecular weight excluding hydrogens is 514 g/mol. The first kappa shape index (κ1) is 26.9. The molecule has 0 radical (unpaired) electrons. The standard InChI is InChI=1S/C33H37N5O3/c1-23-10-11-24(2)38(23)29-14-12-25(20-31(29)41-4)32(39)37-22-27-13-15-30(33(40)35-17-7-16-34(3)18-19-35)36(27)21-26-8-5-6-9-28(26)37/h5,8-15,20-21H,6-7,16-19,22H2,1-4H3. The van der Waals surface area contributed by atoms with Gasteiger partial charge < -0.3 is 28.6 Å². The van der Waals surface area contributed by atoms with Gasteiger partial charge in [0.15, 0.2) is 0 Å². The molecule has 2 aromatic heterocycles. The van der Waals surface area contributed by atoms with Crippen LogP contribution in [0.3, 0.4) is 0 Å². The third-order valence-corrected chi connectivity index (χ3v) is 8.33. The summed E-state index contributed by atoms with van der Waals surface area (Å²) in [5.41, 5.74) is 6.94. The van der Waals surface area contributed by atoms with Crippen molar-refractivity contribution in [3.8, 4) is 11.4 Å². The van der Waals surface area contributed by atoms with Crippen molar-refractivity contribution in [2.24, 2.45) is 0 Å². The SMILES string of the molecule is COc1cc(C(=O)N2Cc3ccc(C(=O)N4CCCN(C)CC4)n3C=C3C=CCC=C32)ccc1-n1c(C)ccc1C.